The fourth-order valence-corrected chi connectivity index (χ4v) is 4.16. The van der Waals surface area contributed by atoms with Gasteiger partial charge in [0.15, 0.2) is 0 Å². The molecule has 0 bridgehead atoms. The molecule has 3 N–H and O–H groups in total. The number of aromatic amines is 2. The molecule has 5 aromatic rings. The van der Waals surface area contributed by atoms with E-state index in [1.807, 2.05) is 48.5 Å². The molecular weight excluding hydrogens is 330 g/mol. The Kier molecular flexibility index (Phi) is 2.26. The lowest BCUT2D eigenvalue weighted by Crippen LogP contribution is -2.25. The minimum atomic E-state index is -0.688. The number of hydrogen-bond acceptors (Lipinski definition) is 3. The molecule has 2 amide bonds. The molecule has 3 heterocycles. The van der Waals surface area contributed by atoms with E-state index >= 15 is 0 Å². The van der Waals surface area contributed by atoms with E-state index in [1.54, 1.807) is 0 Å². The van der Waals surface area contributed by atoms with Crippen molar-refractivity contribution in [3.8, 4) is 0 Å². The minimum Gasteiger partial charge on any atom is -0.353 e. The summed E-state index contributed by atoms with van der Waals surface area (Å²) in [5.74, 6) is -1.38. The van der Waals surface area contributed by atoms with Gasteiger partial charge in [0.1, 0.15) is 0 Å². The molecule has 0 saturated heterocycles. The number of carbonyl (C=O) groups excluding carboxylic acids is 2. The highest BCUT2D eigenvalue weighted by Crippen LogP contribution is 2.43. The summed E-state index contributed by atoms with van der Waals surface area (Å²) in [7, 11) is 0. The zero-order valence-corrected chi connectivity index (χ0v) is 13.3. The lowest BCUT2D eigenvalue weighted by atomic mass is 9.97. The summed E-state index contributed by atoms with van der Waals surface area (Å²) in [6.45, 7) is 0. The number of rotatable bonds is 0. The van der Waals surface area contributed by atoms with E-state index in [-0.39, 0.29) is 16.2 Å². The van der Waals surface area contributed by atoms with Crippen LogP contribution in [0.5, 0.6) is 0 Å². The van der Waals surface area contributed by atoms with Gasteiger partial charge in [-0.15, -0.1) is 5.06 Å². The predicted molar refractivity (Wildman–Crippen MR) is 97.5 cm³/mol. The van der Waals surface area contributed by atoms with Crippen LogP contribution in [0, 0.1) is 0 Å². The number of hydrogen-bond donors (Lipinski definition) is 3. The lowest BCUT2D eigenvalue weighted by Gasteiger charge is -2.02. The van der Waals surface area contributed by atoms with Gasteiger partial charge < -0.3 is 9.97 Å². The average Bonchev–Trinajstić information content (AvgIpc) is 3.29. The first-order valence-corrected chi connectivity index (χ1v) is 8.21. The van der Waals surface area contributed by atoms with Gasteiger partial charge >= 0.3 is 0 Å². The smallest absolute Gasteiger partial charge is 0.286 e. The second kappa shape index (κ2) is 4.30. The Balaban J connectivity index is 2.02. The van der Waals surface area contributed by atoms with Gasteiger partial charge in [0, 0.05) is 32.6 Å². The molecule has 0 unspecified atom stereocenters. The van der Waals surface area contributed by atoms with E-state index in [4.69, 9.17) is 0 Å². The number of nitrogens with one attached hydrogen (secondary N) is 2. The topological polar surface area (TPSA) is 89.2 Å². The van der Waals surface area contributed by atoms with Crippen LogP contribution >= 0.6 is 0 Å². The molecule has 26 heavy (non-hydrogen) atoms. The quantitative estimate of drug-likeness (QED) is 0.294. The number of amides is 2. The maximum Gasteiger partial charge on any atom is 0.286 e. The largest absolute Gasteiger partial charge is 0.353 e. The lowest BCUT2D eigenvalue weighted by molar-refractivity contribution is -0.0325. The molecule has 0 spiro atoms. The number of H-pyrrole nitrogens is 2. The summed E-state index contributed by atoms with van der Waals surface area (Å²) in [6.07, 6.45) is 0. The Morgan fingerprint density at radius 1 is 0.692 bits per heavy atom. The van der Waals surface area contributed by atoms with Crippen LogP contribution in [0.1, 0.15) is 20.7 Å². The predicted octanol–water partition coefficient (Wildman–Crippen LogP) is 3.94. The van der Waals surface area contributed by atoms with E-state index in [9.17, 15) is 14.8 Å². The molecule has 0 fully saturated rings. The van der Waals surface area contributed by atoms with Crippen molar-refractivity contribution in [3.05, 3.63) is 59.7 Å². The first-order valence-electron chi connectivity index (χ1n) is 8.21. The van der Waals surface area contributed by atoms with Crippen LogP contribution in [-0.2, 0) is 0 Å². The fraction of sp³-hybridized carbons (Fsp3) is 0. The molecule has 0 atom stereocenters. The van der Waals surface area contributed by atoms with Crippen molar-refractivity contribution in [1.82, 2.24) is 15.0 Å². The van der Waals surface area contributed by atoms with E-state index in [0.29, 0.717) is 10.8 Å². The van der Waals surface area contributed by atoms with Crippen molar-refractivity contribution in [1.29, 1.82) is 0 Å². The molecule has 2 aromatic heterocycles. The number of aromatic nitrogens is 2. The zero-order chi connectivity index (χ0) is 17.6. The van der Waals surface area contributed by atoms with E-state index in [2.05, 4.69) is 9.97 Å². The number of para-hydroxylation sites is 2. The number of nitrogens with zero attached hydrogens (tertiary/aromatic N) is 1. The second-order valence-corrected chi connectivity index (χ2v) is 6.51. The first kappa shape index (κ1) is 13.6. The summed E-state index contributed by atoms with van der Waals surface area (Å²) >= 11 is 0. The molecule has 6 nitrogen and oxygen atoms in total. The van der Waals surface area contributed by atoms with Crippen molar-refractivity contribution >= 4 is 55.4 Å². The third kappa shape index (κ3) is 1.38. The summed E-state index contributed by atoms with van der Waals surface area (Å²) in [4.78, 5) is 32.1. The minimum absolute atomic E-state index is 0.215. The van der Waals surface area contributed by atoms with Gasteiger partial charge in [0.2, 0.25) is 0 Å². The third-order valence-electron chi connectivity index (χ3n) is 5.22. The zero-order valence-electron chi connectivity index (χ0n) is 13.3. The summed E-state index contributed by atoms with van der Waals surface area (Å²) in [6, 6.07) is 15.2. The third-order valence-corrected chi connectivity index (χ3v) is 5.22. The maximum absolute atomic E-state index is 12.7. The number of carbonyl (C=O) groups is 2. The molecule has 0 aliphatic carbocycles. The van der Waals surface area contributed by atoms with Gasteiger partial charge in [-0.05, 0) is 12.1 Å². The SMILES string of the molecule is O=C1c2c(c3c4ccccc4[nH]c3c3[nH]c4ccccc4c23)C(=O)N1O. The molecule has 1 aliphatic rings. The van der Waals surface area contributed by atoms with Gasteiger partial charge in [-0.3, -0.25) is 14.8 Å². The van der Waals surface area contributed by atoms with Crippen molar-refractivity contribution in [2.45, 2.75) is 0 Å². The van der Waals surface area contributed by atoms with Crippen LogP contribution in [-0.4, -0.2) is 32.1 Å². The van der Waals surface area contributed by atoms with Gasteiger partial charge in [-0.2, -0.15) is 0 Å². The number of imide groups is 1. The standard InChI is InChI=1S/C20H11N3O3/c24-19-15-13-9-5-1-3-7-11(9)21-17(13)18-14(16(15)20(25)23(19)26)10-6-2-4-8-12(10)22-18/h1-8,21-22,26H. The molecule has 0 radical (unpaired) electrons. The Bertz CT molecular complexity index is 1330. The van der Waals surface area contributed by atoms with Crippen molar-refractivity contribution in [2.24, 2.45) is 0 Å². The molecule has 0 saturated carbocycles. The summed E-state index contributed by atoms with van der Waals surface area (Å²) in [5, 5.41) is 13.3. The Morgan fingerprint density at radius 2 is 1.12 bits per heavy atom. The molecule has 6 rings (SSSR count). The van der Waals surface area contributed by atoms with Gasteiger partial charge in [-0.1, -0.05) is 36.4 Å². The normalized spacial score (nSPS) is 14.4. The van der Waals surface area contributed by atoms with Crippen LogP contribution < -0.4 is 0 Å². The van der Waals surface area contributed by atoms with Crippen LogP contribution in [0.15, 0.2) is 48.5 Å². The van der Waals surface area contributed by atoms with E-state index in [1.165, 1.54) is 0 Å². The molecular formula is C20H11N3O3. The Labute approximate surface area is 145 Å². The summed E-state index contributed by atoms with van der Waals surface area (Å²) < 4.78 is 0. The highest BCUT2D eigenvalue weighted by Gasteiger charge is 2.40. The fourth-order valence-electron chi connectivity index (χ4n) is 4.16. The van der Waals surface area contributed by atoms with Crippen LogP contribution in [0.4, 0.5) is 0 Å². The van der Waals surface area contributed by atoms with Crippen molar-refractivity contribution in [3.63, 3.8) is 0 Å². The van der Waals surface area contributed by atoms with Crippen molar-refractivity contribution < 1.29 is 14.8 Å². The highest BCUT2D eigenvalue weighted by molar-refractivity contribution is 6.38. The Morgan fingerprint density at radius 3 is 1.58 bits per heavy atom. The van der Waals surface area contributed by atoms with Crippen LogP contribution in [0.25, 0.3) is 43.6 Å². The number of benzene rings is 3. The highest BCUT2D eigenvalue weighted by atomic mass is 16.5. The molecule has 124 valence electrons. The summed E-state index contributed by atoms with van der Waals surface area (Å²) in [5.41, 5.74) is 3.75. The Hall–Kier alpha value is -3.64. The molecule has 6 heteroatoms. The van der Waals surface area contributed by atoms with Gasteiger partial charge in [0.25, 0.3) is 11.8 Å². The van der Waals surface area contributed by atoms with E-state index < -0.39 is 11.8 Å². The van der Waals surface area contributed by atoms with Crippen LogP contribution in [0.3, 0.4) is 0 Å². The first-order chi connectivity index (χ1) is 12.7. The maximum atomic E-state index is 12.7. The monoisotopic (exact) mass is 341 g/mol. The van der Waals surface area contributed by atoms with Gasteiger partial charge in [0.05, 0.1) is 22.2 Å². The number of fused-ring (bicyclic) bond motifs is 10. The molecule has 3 aromatic carbocycles. The number of hydroxylamine groups is 2. The van der Waals surface area contributed by atoms with Gasteiger partial charge in [-0.25, -0.2) is 0 Å². The van der Waals surface area contributed by atoms with E-state index in [0.717, 1.165) is 32.8 Å². The second-order valence-electron chi connectivity index (χ2n) is 6.51. The molecule has 1 aliphatic heterocycles. The average molecular weight is 341 g/mol. The van der Waals surface area contributed by atoms with Crippen molar-refractivity contribution in [2.75, 3.05) is 0 Å². The van der Waals surface area contributed by atoms with Crippen LogP contribution in [0.2, 0.25) is 0 Å².